The molecule has 0 aliphatic carbocycles. The maximum absolute atomic E-state index is 12.4. The highest BCUT2D eigenvalue weighted by Crippen LogP contribution is 2.30. The Morgan fingerprint density at radius 2 is 2.00 bits per heavy atom. The van der Waals surface area contributed by atoms with E-state index >= 15 is 0 Å². The van der Waals surface area contributed by atoms with Crippen molar-refractivity contribution in [3.63, 3.8) is 0 Å². The molecule has 0 fully saturated rings. The number of hydrogen-bond acceptors (Lipinski definition) is 3. The molecule has 2 N–H and O–H groups in total. The molecular formula is C20H20N4O. The van der Waals surface area contributed by atoms with E-state index in [9.17, 15) is 4.79 Å². The minimum absolute atomic E-state index is 0.196. The monoisotopic (exact) mass is 332 g/mol. The zero-order chi connectivity index (χ0) is 17.2. The Kier molecular flexibility index (Phi) is 3.98. The van der Waals surface area contributed by atoms with Gasteiger partial charge in [0.2, 0.25) is 0 Å². The fraction of sp³-hybridized carbons (Fsp3) is 0.200. The number of para-hydroxylation sites is 2. The van der Waals surface area contributed by atoms with Crippen LogP contribution in [0.2, 0.25) is 0 Å². The molecule has 0 unspecified atom stereocenters. The average molecular weight is 332 g/mol. The van der Waals surface area contributed by atoms with Gasteiger partial charge >= 0.3 is 0 Å². The predicted molar refractivity (Wildman–Crippen MR) is 98.9 cm³/mol. The first kappa shape index (κ1) is 15.4. The van der Waals surface area contributed by atoms with Crippen molar-refractivity contribution in [3.05, 3.63) is 77.1 Å². The number of nitrogens with one attached hydrogen (secondary N) is 2. The third kappa shape index (κ3) is 3.13. The van der Waals surface area contributed by atoms with Crippen LogP contribution in [0.25, 0.3) is 0 Å². The number of rotatable bonds is 4. The van der Waals surface area contributed by atoms with Gasteiger partial charge in [0.05, 0.1) is 0 Å². The number of H-pyrrole nitrogens is 1. The highest BCUT2D eigenvalue weighted by Gasteiger charge is 2.20. The largest absolute Gasteiger partial charge is 0.367 e. The van der Waals surface area contributed by atoms with E-state index in [-0.39, 0.29) is 5.91 Å². The SMILES string of the molecule is Cc1cc(C(=O)Nc2ccccc2CN2CCc3ccccc32)n[nH]1. The molecule has 3 aromatic rings. The second-order valence-corrected chi connectivity index (χ2v) is 6.35. The van der Waals surface area contributed by atoms with E-state index in [1.807, 2.05) is 25.1 Å². The van der Waals surface area contributed by atoms with Crippen LogP contribution < -0.4 is 10.2 Å². The third-order valence-corrected chi connectivity index (χ3v) is 4.55. The number of aromatic amines is 1. The molecule has 1 aliphatic rings. The summed E-state index contributed by atoms with van der Waals surface area (Å²) >= 11 is 0. The molecule has 1 aliphatic heterocycles. The zero-order valence-electron chi connectivity index (χ0n) is 14.1. The lowest BCUT2D eigenvalue weighted by atomic mass is 10.1. The van der Waals surface area contributed by atoms with Gasteiger partial charge in [-0.05, 0) is 42.7 Å². The standard InChI is InChI=1S/C20H20N4O/c1-14-12-18(23-22-14)20(25)21-17-8-4-2-7-16(17)13-24-11-10-15-6-3-5-9-19(15)24/h2-9,12H,10-11,13H2,1H3,(H,21,25)(H,22,23). The van der Waals surface area contributed by atoms with Crippen LogP contribution in [-0.4, -0.2) is 22.6 Å². The summed E-state index contributed by atoms with van der Waals surface area (Å²) in [6.07, 6.45) is 1.07. The summed E-state index contributed by atoms with van der Waals surface area (Å²) < 4.78 is 0. The Hall–Kier alpha value is -3.08. The van der Waals surface area contributed by atoms with E-state index in [0.717, 1.165) is 36.5 Å². The van der Waals surface area contributed by atoms with Crippen molar-refractivity contribution in [1.29, 1.82) is 0 Å². The van der Waals surface area contributed by atoms with E-state index in [0.29, 0.717) is 5.69 Å². The second-order valence-electron chi connectivity index (χ2n) is 6.35. The highest BCUT2D eigenvalue weighted by molar-refractivity contribution is 6.03. The first-order valence-corrected chi connectivity index (χ1v) is 8.45. The Morgan fingerprint density at radius 3 is 2.84 bits per heavy atom. The maximum atomic E-state index is 12.4. The van der Waals surface area contributed by atoms with Crippen molar-refractivity contribution in [3.8, 4) is 0 Å². The Morgan fingerprint density at radius 1 is 1.20 bits per heavy atom. The number of fused-ring (bicyclic) bond motifs is 1. The normalized spacial score (nSPS) is 12.9. The van der Waals surface area contributed by atoms with Gasteiger partial charge in [-0.1, -0.05) is 36.4 Å². The van der Waals surface area contributed by atoms with Crippen LogP contribution in [0.5, 0.6) is 0 Å². The lowest BCUT2D eigenvalue weighted by molar-refractivity contribution is 0.102. The fourth-order valence-corrected chi connectivity index (χ4v) is 3.28. The number of aryl methyl sites for hydroxylation is 1. The number of carbonyl (C=O) groups is 1. The molecule has 126 valence electrons. The van der Waals surface area contributed by atoms with Gasteiger partial charge in [0.15, 0.2) is 5.69 Å². The fourth-order valence-electron chi connectivity index (χ4n) is 3.28. The van der Waals surface area contributed by atoms with Crippen LogP contribution in [0.4, 0.5) is 11.4 Å². The smallest absolute Gasteiger partial charge is 0.276 e. The van der Waals surface area contributed by atoms with Gasteiger partial charge in [0.25, 0.3) is 5.91 Å². The predicted octanol–water partition coefficient (Wildman–Crippen LogP) is 3.53. The molecule has 0 saturated heterocycles. The molecule has 1 aromatic heterocycles. The van der Waals surface area contributed by atoms with Crippen molar-refractivity contribution in [1.82, 2.24) is 10.2 Å². The van der Waals surface area contributed by atoms with Crippen LogP contribution in [-0.2, 0) is 13.0 Å². The average Bonchev–Trinajstić information content (AvgIpc) is 3.23. The lowest BCUT2D eigenvalue weighted by Gasteiger charge is -2.21. The molecule has 2 aromatic carbocycles. The molecule has 5 nitrogen and oxygen atoms in total. The van der Waals surface area contributed by atoms with Crippen LogP contribution in [0, 0.1) is 6.92 Å². The minimum Gasteiger partial charge on any atom is -0.367 e. The summed E-state index contributed by atoms with van der Waals surface area (Å²) in [5.74, 6) is -0.196. The molecule has 0 saturated carbocycles. The topological polar surface area (TPSA) is 61.0 Å². The minimum atomic E-state index is -0.196. The summed E-state index contributed by atoms with van der Waals surface area (Å²) in [5.41, 5.74) is 5.87. The van der Waals surface area contributed by atoms with E-state index in [2.05, 4.69) is 50.7 Å². The molecule has 0 atom stereocenters. The van der Waals surface area contributed by atoms with E-state index in [1.54, 1.807) is 6.07 Å². The number of benzene rings is 2. The van der Waals surface area contributed by atoms with Crippen molar-refractivity contribution in [2.75, 3.05) is 16.8 Å². The third-order valence-electron chi connectivity index (χ3n) is 4.55. The van der Waals surface area contributed by atoms with Crippen LogP contribution >= 0.6 is 0 Å². The Balaban J connectivity index is 1.55. The first-order chi connectivity index (χ1) is 12.2. The molecule has 0 bridgehead atoms. The number of carbonyl (C=O) groups excluding carboxylic acids is 1. The van der Waals surface area contributed by atoms with Gasteiger partial charge < -0.3 is 10.2 Å². The number of nitrogens with zero attached hydrogens (tertiary/aromatic N) is 2. The maximum Gasteiger partial charge on any atom is 0.276 e. The molecule has 4 rings (SSSR count). The van der Waals surface area contributed by atoms with Crippen molar-refractivity contribution in [2.24, 2.45) is 0 Å². The first-order valence-electron chi connectivity index (χ1n) is 8.45. The lowest BCUT2D eigenvalue weighted by Crippen LogP contribution is -2.21. The van der Waals surface area contributed by atoms with Gasteiger partial charge in [-0.3, -0.25) is 9.89 Å². The second kappa shape index (κ2) is 6.43. The van der Waals surface area contributed by atoms with E-state index < -0.39 is 0 Å². The number of hydrogen-bond donors (Lipinski definition) is 2. The van der Waals surface area contributed by atoms with E-state index in [4.69, 9.17) is 0 Å². The molecule has 25 heavy (non-hydrogen) atoms. The summed E-state index contributed by atoms with van der Waals surface area (Å²) in [5, 5.41) is 9.82. The zero-order valence-corrected chi connectivity index (χ0v) is 14.1. The van der Waals surface area contributed by atoms with Crippen molar-refractivity contribution in [2.45, 2.75) is 19.9 Å². The molecule has 5 heteroatoms. The molecule has 2 heterocycles. The van der Waals surface area contributed by atoms with Crippen LogP contribution in [0.15, 0.2) is 54.6 Å². The van der Waals surface area contributed by atoms with Gasteiger partial charge in [0, 0.05) is 30.2 Å². The number of aromatic nitrogens is 2. The summed E-state index contributed by atoms with van der Waals surface area (Å²) in [6.45, 7) is 3.65. The van der Waals surface area contributed by atoms with Gasteiger partial charge in [-0.25, -0.2) is 0 Å². The highest BCUT2D eigenvalue weighted by atomic mass is 16.1. The van der Waals surface area contributed by atoms with Crippen molar-refractivity contribution < 1.29 is 4.79 Å². The van der Waals surface area contributed by atoms with Gasteiger partial charge in [0.1, 0.15) is 0 Å². The molecule has 0 spiro atoms. The van der Waals surface area contributed by atoms with Crippen LogP contribution in [0.3, 0.4) is 0 Å². The van der Waals surface area contributed by atoms with Crippen LogP contribution in [0.1, 0.15) is 27.3 Å². The Labute approximate surface area is 146 Å². The molecular weight excluding hydrogens is 312 g/mol. The summed E-state index contributed by atoms with van der Waals surface area (Å²) in [6, 6.07) is 18.2. The molecule has 1 amide bonds. The number of amides is 1. The molecule has 0 radical (unpaired) electrons. The summed E-state index contributed by atoms with van der Waals surface area (Å²) in [7, 11) is 0. The summed E-state index contributed by atoms with van der Waals surface area (Å²) in [4.78, 5) is 14.8. The van der Waals surface area contributed by atoms with Crippen molar-refractivity contribution >= 4 is 17.3 Å². The van der Waals surface area contributed by atoms with Gasteiger partial charge in [-0.2, -0.15) is 5.10 Å². The number of anilines is 2. The quantitative estimate of drug-likeness (QED) is 0.768. The van der Waals surface area contributed by atoms with E-state index in [1.165, 1.54) is 11.3 Å². The van der Waals surface area contributed by atoms with Gasteiger partial charge in [-0.15, -0.1) is 0 Å². The Bertz CT molecular complexity index is 915.